The first kappa shape index (κ1) is 15.1. The topological polar surface area (TPSA) is 41.6 Å². The van der Waals surface area contributed by atoms with Crippen molar-refractivity contribution in [1.82, 2.24) is 0 Å². The van der Waals surface area contributed by atoms with Crippen LogP contribution in [0.2, 0.25) is 5.02 Å². The summed E-state index contributed by atoms with van der Waals surface area (Å²) in [5, 5.41) is 3.60. The van der Waals surface area contributed by atoms with E-state index in [9.17, 15) is 4.79 Å². The van der Waals surface area contributed by atoms with Gasteiger partial charge in [0.05, 0.1) is 24.6 Å². The second-order valence-corrected chi connectivity index (χ2v) is 6.40. The molecule has 0 atom stereocenters. The van der Waals surface area contributed by atoms with Crippen molar-refractivity contribution in [1.29, 1.82) is 0 Å². The first-order chi connectivity index (χ1) is 9.38. The number of amides is 1. The first-order valence-corrected chi connectivity index (χ1v) is 7.19. The van der Waals surface area contributed by atoms with Crippen LogP contribution in [-0.4, -0.2) is 32.2 Å². The number of nitrogens with one attached hydrogen (secondary N) is 1. The van der Waals surface area contributed by atoms with E-state index < -0.39 is 5.41 Å². The standard InChI is InChI=1S/C15H21ClN2O2/c1-15(2,3)14(19)17-12-10-11(16)4-5-13(12)18-6-8-20-9-7-18/h4-5,10H,6-9H2,1-3H3,(H,17,19). The molecule has 0 bridgehead atoms. The van der Waals surface area contributed by atoms with Crippen molar-refractivity contribution in [3.05, 3.63) is 23.2 Å². The summed E-state index contributed by atoms with van der Waals surface area (Å²) in [5.41, 5.74) is 1.32. The number of morpholine rings is 1. The van der Waals surface area contributed by atoms with E-state index in [1.54, 1.807) is 6.07 Å². The summed E-state index contributed by atoms with van der Waals surface area (Å²) in [6.45, 7) is 8.72. The molecule has 1 aromatic rings. The minimum absolute atomic E-state index is 0.0192. The fourth-order valence-electron chi connectivity index (χ4n) is 2.00. The summed E-state index contributed by atoms with van der Waals surface area (Å²) < 4.78 is 5.37. The molecule has 0 saturated carbocycles. The molecule has 4 nitrogen and oxygen atoms in total. The van der Waals surface area contributed by atoms with Gasteiger partial charge in [-0.15, -0.1) is 0 Å². The lowest BCUT2D eigenvalue weighted by Gasteiger charge is -2.31. The quantitative estimate of drug-likeness (QED) is 0.911. The summed E-state index contributed by atoms with van der Waals surface area (Å²) in [6, 6.07) is 5.60. The van der Waals surface area contributed by atoms with Crippen molar-refractivity contribution in [3.63, 3.8) is 0 Å². The maximum absolute atomic E-state index is 12.2. The average Bonchev–Trinajstić information content (AvgIpc) is 2.39. The van der Waals surface area contributed by atoms with Crippen LogP contribution in [0.4, 0.5) is 11.4 Å². The number of hydrogen-bond donors (Lipinski definition) is 1. The van der Waals surface area contributed by atoms with Crippen LogP contribution in [0.3, 0.4) is 0 Å². The Balaban J connectivity index is 2.26. The maximum Gasteiger partial charge on any atom is 0.229 e. The zero-order chi connectivity index (χ0) is 14.8. The fraction of sp³-hybridized carbons (Fsp3) is 0.533. The van der Waals surface area contributed by atoms with Gasteiger partial charge in [0.25, 0.3) is 0 Å². The van der Waals surface area contributed by atoms with Crippen molar-refractivity contribution >= 4 is 28.9 Å². The van der Waals surface area contributed by atoms with Crippen molar-refractivity contribution < 1.29 is 9.53 Å². The molecule has 1 aromatic carbocycles. The SMILES string of the molecule is CC(C)(C)C(=O)Nc1cc(Cl)ccc1N1CCOCC1. The molecular formula is C15H21ClN2O2. The minimum atomic E-state index is -0.440. The molecule has 0 unspecified atom stereocenters. The molecule has 1 amide bonds. The predicted octanol–water partition coefficient (Wildman–Crippen LogP) is 3.16. The Labute approximate surface area is 125 Å². The highest BCUT2D eigenvalue weighted by Crippen LogP contribution is 2.31. The van der Waals surface area contributed by atoms with E-state index >= 15 is 0 Å². The average molecular weight is 297 g/mol. The normalized spacial score (nSPS) is 16.1. The zero-order valence-corrected chi connectivity index (χ0v) is 13.0. The molecule has 0 aromatic heterocycles. The largest absolute Gasteiger partial charge is 0.378 e. The molecule has 0 aliphatic carbocycles. The molecule has 1 aliphatic heterocycles. The second-order valence-electron chi connectivity index (χ2n) is 5.97. The van der Waals surface area contributed by atoms with Crippen LogP contribution in [0.15, 0.2) is 18.2 Å². The Kier molecular flexibility index (Phi) is 4.55. The van der Waals surface area contributed by atoms with Crippen LogP contribution in [0, 0.1) is 5.41 Å². The summed E-state index contributed by atoms with van der Waals surface area (Å²) >= 11 is 6.06. The number of nitrogens with zero attached hydrogens (tertiary/aromatic N) is 1. The molecule has 2 rings (SSSR count). The lowest BCUT2D eigenvalue weighted by molar-refractivity contribution is -0.123. The van der Waals surface area contributed by atoms with Gasteiger partial charge in [-0.25, -0.2) is 0 Å². The molecule has 1 saturated heterocycles. The first-order valence-electron chi connectivity index (χ1n) is 6.81. The van der Waals surface area contributed by atoms with Gasteiger partial charge in [0.1, 0.15) is 0 Å². The highest BCUT2D eigenvalue weighted by atomic mass is 35.5. The molecule has 1 fully saturated rings. The van der Waals surface area contributed by atoms with Gasteiger partial charge in [-0.05, 0) is 18.2 Å². The summed E-state index contributed by atoms with van der Waals surface area (Å²) in [4.78, 5) is 14.4. The Hall–Kier alpha value is -1.26. The molecule has 5 heteroatoms. The van der Waals surface area contributed by atoms with Crippen LogP contribution in [0.1, 0.15) is 20.8 Å². The van der Waals surface area contributed by atoms with Gasteiger partial charge in [-0.1, -0.05) is 32.4 Å². The number of carbonyl (C=O) groups excluding carboxylic acids is 1. The maximum atomic E-state index is 12.2. The molecule has 0 radical (unpaired) electrons. The number of benzene rings is 1. The van der Waals surface area contributed by atoms with Crippen molar-refractivity contribution in [3.8, 4) is 0 Å². The molecular weight excluding hydrogens is 276 g/mol. The molecule has 0 spiro atoms. The van der Waals surface area contributed by atoms with Gasteiger partial charge in [0.2, 0.25) is 5.91 Å². The second kappa shape index (κ2) is 6.02. The van der Waals surface area contributed by atoms with Crippen molar-refractivity contribution in [2.45, 2.75) is 20.8 Å². The smallest absolute Gasteiger partial charge is 0.229 e. The van der Waals surface area contributed by atoms with Crippen LogP contribution >= 0.6 is 11.6 Å². The van der Waals surface area contributed by atoms with E-state index in [1.807, 2.05) is 32.9 Å². The number of carbonyl (C=O) groups is 1. The van der Waals surface area contributed by atoms with E-state index in [1.165, 1.54) is 0 Å². The third-order valence-electron chi connectivity index (χ3n) is 3.24. The van der Waals surface area contributed by atoms with Crippen molar-refractivity contribution in [2.75, 3.05) is 36.5 Å². The Bertz CT molecular complexity index is 491. The number of rotatable bonds is 2. The van der Waals surface area contributed by atoms with E-state index in [0.717, 1.165) is 24.5 Å². The van der Waals surface area contributed by atoms with Crippen molar-refractivity contribution in [2.24, 2.45) is 5.41 Å². The van der Waals surface area contributed by atoms with Crippen LogP contribution < -0.4 is 10.2 Å². The number of anilines is 2. The van der Waals surface area contributed by atoms with Gasteiger partial charge in [0.15, 0.2) is 0 Å². The molecule has 20 heavy (non-hydrogen) atoms. The Morgan fingerprint density at radius 3 is 2.55 bits per heavy atom. The molecule has 1 aliphatic rings. The highest BCUT2D eigenvalue weighted by molar-refractivity contribution is 6.31. The van der Waals surface area contributed by atoms with E-state index in [0.29, 0.717) is 18.2 Å². The van der Waals surface area contributed by atoms with E-state index in [-0.39, 0.29) is 5.91 Å². The van der Waals surface area contributed by atoms with Gasteiger partial charge < -0.3 is 15.0 Å². The number of hydrogen-bond acceptors (Lipinski definition) is 3. The molecule has 1 heterocycles. The van der Waals surface area contributed by atoms with Crippen LogP contribution in [0.5, 0.6) is 0 Å². The van der Waals surface area contributed by atoms with Gasteiger partial charge in [0, 0.05) is 23.5 Å². The van der Waals surface area contributed by atoms with Crippen LogP contribution in [0.25, 0.3) is 0 Å². The summed E-state index contributed by atoms with van der Waals surface area (Å²) in [6.07, 6.45) is 0. The van der Waals surface area contributed by atoms with E-state index in [2.05, 4.69) is 10.2 Å². The Morgan fingerprint density at radius 2 is 1.95 bits per heavy atom. The monoisotopic (exact) mass is 296 g/mol. The van der Waals surface area contributed by atoms with E-state index in [4.69, 9.17) is 16.3 Å². The molecule has 1 N–H and O–H groups in total. The molecule has 110 valence electrons. The Morgan fingerprint density at radius 1 is 1.30 bits per heavy atom. The number of ether oxygens (including phenoxy) is 1. The fourth-order valence-corrected chi connectivity index (χ4v) is 2.17. The predicted molar refractivity (Wildman–Crippen MR) is 82.6 cm³/mol. The lowest BCUT2D eigenvalue weighted by Crippen LogP contribution is -2.37. The summed E-state index contributed by atoms with van der Waals surface area (Å²) in [5.74, 6) is -0.0192. The third-order valence-corrected chi connectivity index (χ3v) is 3.47. The van der Waals surface area contributed by atoms with Crippen LogP contribution in [-0.2, 0) is 9.53 Å². The lowest BCUT2D eigenvalue weighted by atomic mass is 9.95. The third kappa shape index (κ3) is 3.64. The number of halogens is 1. The summed E-state index contributed by atoms with van der Waals surface area (Å²) in [7, 11) is 0. The van der Waals surface area contributed by atoms with Gasteiger partial charge in [-0.2, -0.15) is 0 Å². The van der Waals surface area contributed by atoms with Gasteiger partial charge >= 0.3 is 0 Å². The highest BCUT2D eigenvalue weighted by Gasteiger charge is 2.23. The zero-order valence-electron chi connectivity index (χ0n) is 12.2. The minimum Gasteiger partial charge on any atom is -0.378 e. The van der Waals surface area contributed by atoms with Gasteiger partial charge in [-0.3, -0.25) is 4.79 Å².